The van der Waals surface area contributed by atoms with Gasteiger partial charge in [-0.2, -0.15) is 0 Å². The Kier molecular flexibility index (Phi) is 5.55. The van der Waals surface area contributed by atoms with Gasteiger partial charge in [0, 0.05) is 17.1 Å². The van der Waals surface area contributed by atoms with Gasteiger partial charge in [-0.15, -0.1) is 10.2 Å². The van der Waals surface area contributed by atoms with E-state index in [0.717, 1.165) is 5.56 Å². The number of halogens is 1. The molecular weight excluding hydrogens is 312 g/mol. The number of hydrogen-bond acceptors (Lipinski definition) is 4. The monoisotopic (exact) mass is 332 g/mol. The molecule has 0 spiro atoms. The van der Waals surface area contributed by atoms with Crippen LogP contribution in [0.2, 0.25) is 5.02 Å². The Bertz CT molecular complexity index is 665. The number of hydrogen-bond donors (Lipinski definition) is 2. The van der Waals surface area contributed by atoms with E-state index in [1.807, 2.05) is 45.0 Å². The molecule has 0 radical (unpaired) electrons. The van der Waals surface area contributed by atoms with E-state index >= 15 is 0 Å². The minimum atomic E-state index is -0.234. The minimum absolute atomic E-state index is 0.102. The number of nitrogens with one attached hydrogen (secondary N) is 2. The van der Waals surface area contributed by atoms with Crippen LogP contribution in [0.25, 0.3) is 0 Å². The van der Waals surface area contributed by atoms with Crippen LogP contribution >= 0.6 is 11.6 Å². The standard InChI is InChI=1S/C17H21ClN4O/c1-17(2,3)20-15-8-7-14(21-22-15)16(23)19-10-9-12-5-4-6-13(18)11-12/h4-8,11H,9-10H2,1-3H3,(H,19,23)(H,20,22). The SMILES string of the molecule is CC(C)(C)Nc1ccc(C(=O)NCCc2cccc(Cl)c2)nn1. The molecule has 5 nitrogen and oxygen atoms in total. The molecule has 1 amide bonds. The second-order valence-corrected chi connectivity index (χ2v) is 6.75. The Morgan fingerprint density at radius 3 is 2.57 bits per heavy atom. The zero-order chi connectivity index (χ0) is 16.9. The summed E-state index contributed by atoms with van der Waals surface area (Å²) in [5, 5.41) is 14.7. The summed E-state index contributed by atoms with van der Waals surface area (Å²) in [6.07, 6.45) is 0.712. The van der Waals surface area contributed by atoms with Gasteiger partial charge in [0.05, 0.1) is 0 Å². The van der Waals surface area contributed by atoms with E-state index in [-0.39, 0.29) is 11.4 Å². The van der Waals surface area contributed by atoms with Crippen molar-refractivity contribution in [1.29, 1.82) is 0 Å². The summed E-state index contributed by atoms with van der Waals surface area (Å²) in [6, 6.07) is 11.0. The first kappa shape index (κ1) is 17.2. The van der Waals surface area contributed by atoms with Crippen molar-refractivity contribution < 1.29 is 4.79 Å². The average molecular weight is 333 g/mol. The fourth-order valence-corrected chi connectivity index (χ4v) is 2.22. The topological polar surface area (TPSA) is 66.9 Å². The highest BCUT2D eigenvalue weighted by Crippen LogP contribution is 2.12. The van der Waals surface area contributed by atoms with Gasteiger partial charge in [-0.05, 0) is 57.0 Å². The smallest absolute Gasteiger partial charge is 0.271 e. The summed E-state index contributed by atoms with van der Waals surface area (Å²) < 4.78 is 0. The molecule has 0 aliphatic rings. The molecular formula is C17H21ClN4O. The third kappa shape index (κ3) is 5.87. The molecule has 0 fully saturated rings. The highest BCUT2D eigenvalue weighted by molar-refractivity contribution is 6.30. The largest absolute Gasteiger partial charge is 0.364 e. The maximum atomic E-state index is 12.0. The lowest BCUT2D eigenvalue weighted by atomic mass is 10.1. The van der Waals surface area contributed by atoms with Gasteiger partial charge in [0.2, 0.25) is 0 Å². The number of carbonyl (C=O) groups excluding carboxylic acids is 1. The van der Waals surface area contributed by atoms with E-state index in [2.05, 4.69) is 20.8 Å². The van der Waals surface area contributed by atoms with Gasteiger partial charge in [-0.3, -0.25) is 4.79 Å². The van der Waals surface area contributed by atoms with Crippen LogP contribution in [0.3, 0.4) is 0 Å². The Labute approximate surface area is 141 Å². The van der Waals surface area contributed by atoms with Crippen molar-refractivity contribution in [2.75, 3.05) is 11.9 Å². The Balaban J connectivity index is 1.86. The highest BCUT2D eigenvalue weighted by Gasteiger charge is 2.12. The molecule has 1 heterocycles. The van der Waals surface area contributed by atoms with Crippen molar-refractivity contribution in [2.24, 2.45) is 0 Å². The second-order valence-electron chi connectivity index (χ2n) is 6.31. The van der Waals surface area contributed by atoms with Crippen molar-refractivity contribution in [1.82, 2.24) is 15.5 Å². The summed E-state index contributed by atoms with van der Waals surface area (Å²) in [4.78, 5) is 12.0. The average Bonchev–Trinajstić information content (AvgIpc) is 2.46. The van der Waals surface area contributed by atoms with Crippen LogP contribution in [-0.2, 0) is 6.42 Å². The van der Waals surface area contributed by atoms with E-state index in [1.165, 1.54) is 0 Å². The number of benzene rings is 1. The molecule has 23 heavy (non-hydrogen) atoms. The van der Waals surface area contributed by atoms with E-state index in [9.17, 15) is 4.79 Å². The van der Waals surface area contributed by atoms with E-state index in [4.69, 9.17) is 11.6 Å². The van der Waals surface area contributed by atoms with Gasteiger partial charge in [0.15, 0.2) is 5.69 Å². The molecule has 1 aromatic heterocycles. The van der Waals surface area contributed by atoms with Crippen molar-refractivity contribution in [2.45, 2.75) is 32.7 Å². The molecule has 0 aliphatic carbocycles. The van der Waals surface area contributed by atoms with Crippen LogP contribution in [0, 0.1) is 0 Å². The van der Waals surface area contributed by atoms with Crippen molar-refractivity contribution in [3.05, 3.63) is 52.7 Å². The molecule has 0 aliphatic heterocycles. The molecule has 0 saturated carbocycles. The van der Waals surface area contributed by atoms with Gasteiger partial charge in [-0.25, -0.2) is 0 Å². The number of rotatable bonds is 5. The lowest BCUT2D eigenvalue weighted by Crippen LogP contribution is -2.28. The highest BCUT2D eigenvalue weighted by atomic mass is 35.5. The summed E-state index contributed by atoms with van der Waals surface area (Å²) in [6.45, 7) is 6.62. The van der Waals surface area contributed by atoms with Crippen molar-refractivity contribution >= 4 is 23.3 Å². The van der Waals surface area contributed by atoms with Crippen molar-refractivity contribution in [3.63, 3.8) is 0 Å². The molecule has 0 unspecified atom stereocenters. The zero-order valence-electron chi connectivity index (χ0n) is 13.6. The number of carbonyl (C=O) groups is 1. The molecule has 2 N–H and O–H groups in total. The number of amides is 1. The molecule has 122 valence electrons. The first-order chi connectivity index (χ1) is 10.8. The number of aromatic nitrogens is 2. The zero-order valence-corrected chi connectivity index (χ0v) is 14.3. The van der Waals surface area contributed by atoms with Crippen LogP contribution in [0.4, 0.5) is 5.82 Å². The second kappa shape index (κ2) is 7.42. The summed E-state index contributed by atoms with van der Waals surface area (Å²) in [5.74, 6) is 0.412. The molecule has 6 heteroatoms. The fourth-order valence-electron chi connectivity index (χ4n) is 2.01. The Hall–Kier alpha value is -2.14. The predicted molar refractivity (Wildman–Crippen MR) is 92.9 cm³/mol. The molecule has 2 rings (SSSR count). The van der Waals surface area contributed by atoms with Gasteiger partial charge < -0.3 is 10.6 Å². The van der Waals surface area contributed by atoms with E-state index in [1.54, 1.807) is 12.1 Å². The fraction of sp³-hybridized carbons (Fsp3) is 0.353. The molecule has 2 aromatic rings. The number of nitrogens with zero attached hydrogens (tertiary/aromatic N) is 2. The van der Waals surface area contributed by atoms with Crippen molar-refractivity contribution in [3.8, 4) is 0 Å². The Morgan fingerprint density at radius 1 is 1.17 bits per heavy atom. The summed E-state index contributed by atoms with van der Waals surface area (Å²) in [7, 11) is 0. The van der Waals surface area contributed by atoms with Crippen LogP contribution in [-0.4, -0.2) is 28.2 Å². The maximum Gasteiger partial charge on any atom is 0.271 e. The van der Waals surface area contributed by atoms with E-state index in [0.29, 0.717) is 29.5 Å². The molecule has 0 atom stereocenters. The minimum Gasteiger partial charge on any atom is -0.364 e. The quantitative estimate of drug-likeness (QED) is 0.881. The first-order valence-corrected chi connectivity index (χ1v) is 7.86. The lowest BCUT2D eigenvalue weighted by molar-refractivity contribution is 0.0948. The third-order valence-corrected chi connectivity index (χ3v) is 3.22. The third-order valence-electron chi connectivity index (χ3n) is 2.99. The molecule has 0 bridgehead atoms. The van der Waals surface area contributed by atoms with Crippen LogP contribution in [0.15, 0.2) is 36.4 Å². The summed E-state index contributed by atoms with van der Waals surface area (Å²) in [5.41, 5.74) is 1.28. The predicted octanol–water partition coefficient (Wildman–Crippen LogP) is 3.31. The number of anilines is 1. The first-order valence-electron chi connectivity index (χ1n) is 7.48. The van der Waals surface area contributed by atoms with Crippen LogP contribution in [0.5, 0.6) is 0 Å². The van der Waals surface area contributed by atoms with Gasteiger partial charge in [-0.1, -0.05) is 23.7 Å². The summed E-state index contributed by atoms with van der Waals surface area (Å²) >= 11 is 5.93. The lowest BCUT2D eigenvalue weighted by Gasteiger charge is -2.20. The van der Waals surface area contributed by atoms with Crippen LogP contribution < -0.4 is 10.6 Å². The maximum absolute atomic E-state index is 12.0. The molecule has 1 aromatic carbocycles. The molecule has 0 saturated heterocycles. The van der Waals surface area contributed by atoms with Gasteiger partial charge in [0.25, 0.3) is 5.91 Å². The van der Waals surface area contributed by atoms with E-state index < -0.39 is 0 Å². The normalized spacial score (nSPS) is 11.1. The van der Waals surface area contributed by atoms with Gasteiger partial charge >= 0.3 is 0 Å². The van der Waals surface area contributed by atoms with Crippen LogP contribution in [0.1, 0.15) is 36.8 Å². The van der Waals surface area contributed by atoms with Gasteiger partial charge in [0.1, 0.15) is 5.82 Å². The Morgan fingerprint density at radius 2 is 1.96 bits per heavy atom.